The number of carbonyl (C=O) groups is 1. The maximum atomic E-state index is 10.6. The Balaban J connectivity index is 2.46. The summed E-state index contributed by atoms with van der Waals surface area (Å²) in [5.41, 5.74) is 7.79. The molecule has 1 heterocycles. The van der Waals surface area contributed by atoms with Crippen molar-refractivity contribution in [3.05, 3.63) is 42.4 Å². The van der Waals surface area contributed by atoms with Crippen LogP contribution in [-0.4, -0.2) is 11.1 Å². The molecule has 0 unspecified atom stereocenters. The summed E-state index contributed by atoms with van der Waals surface area (Å²) in [6, 6.07) is 8.67. The standard InChI is InChI=1S/C11H9NO3/c12-9-4-2-1-3-8(9)7-5-10(11(13)14)15-6-7/h1-6H,12H2,(H,13,14). The number of aromatic carboxylic acids is 1. The van der Waals surface area contributed by atoms with Crippen LogP contribution in [0.2, 0.25) is 0 Å². The third kappa shape index (κ3) is 1.69. The summed E-state index contributed by atoms with van der Waals surface area (Å²) in [4.78, 5) is 10.6. The number of para-hydroxylation sites is 1. The van der Waals surface area contributed by atoms with Gasteiger partial charge in [-0.1, -0.05) is 18.2 Å². The highest BCUT2D eigenvalue weighted by molar-refractivity contribution is 5.87. The number of carboxylic acid groups (broad SMARTS) is 1. The van der Waals surface area contributed by atoms with Crippen LogP contribution in [0.4, 0.5) is 5.69 Å². The predicted octanol–water partition coefficient (Wildman–Crippen LogP) is 2.23. The summed E-state index contributed by atoms with van der Waals surface area (Å²) in [5, 5.41) is 8.69. The SMILES string of the molecule is Nc1ccccc1-c1coc(C(=O)O)c1. The molecule has 0 aliphatic heterocycles. The minimum absolute atomic E-state index is 0.0896. The second kappa shape index (κ2) is 3.49. The Hall–Kier alpha value is -2.23. The fourth-order valence-corrected chi connectivity index (χ4v) is 1.35. The van der Waals surface area contributed by atoms with Crippen molar-refractivity contribution in [2.24, 2.45) is 0 Å². The Morgan fingerprint density at radius 3 is 2.67 bits per heavy atom. The van der Waals surface area contributed by atoms with Crippen LogP contribution >= 0.6 is 0 Å². The van der Waals surface area contributed by atoms with Gasteiger partial charge in [-0.05, 0) is 12.1 Å². The van der Waals surface area contributed by atoms with Crippen molar-refractivity contribution in [1.82, 2.24) is 0 Å². The third-order valence-electron chi connectivity index (χ3n) is 2.08. The Labute approximate surface area is 85.9 Å². The minimum Gasteiger partial charge on any atom is -0.475 e. The van der Waals surface area contributed by atoms with E-state index in [2.05, 4.69) is 0 Å². The maximum Gasteiger partial charge on any atom is 0.371 e. The average molecular weight is 203 g/mol. The molecular formula is C11H9NO3. The number of benzene rings is 1. The first-order valence-electron chi connectivity index (χ1n) is 4.35. The molecule has 0 aliphatic carbocycles. The monoisotopic (exact) mass is 203 g/mol. The molecule has 0 bridgehead atoms. The molecule has 2 aromatic rings. The van der Waals surface area contributed by atoms with Crippen molar-refractivity contribution in [2.45, 2.75) is 0 Å². The van der Waals surface area contributed by atoms with Gasteiger partial charge in [-0.25, -0.2) is 4.79 Å². The van der Waals surface area contributed by atoms with E-state index in [-0.39, 0.29) is 5.76 Å². The van der Waals surface area contributed by atoms with Gasteiger partial charge in [0, 0.05) is 16.8 Å². The minimum atomic E-state index is -1.09. The van der Waals surface area contributed by atoms with Crippen LogP contribution in [0.3, 0.4) is 0 Å². The lowest BCUT2D eigenvalue weighted by Crippen LogP contribution is -1.92. The molecule has 0 aliphatic rings. The van der Waals surface area contributed by atoms with Crippen LogP contribution in [0.5, 0.6) is 0 Å². The van der Waals surface area contributed by atoms with Crippen molar-refractivity contribution in [1.29, 1.82) is 0 Å². The van der Waals surface area contributed by atoms with Crippen molar-refractivity contribution >= 4 is 11.7 Å². The Bertz CT molecular complexity index is 502. The van der Waals surface area contributed by atoms with Gasteiger partial charge in [-0.2, -0.15) is 0 Å². The zero-order chi connectivity index (χ0) is 10.8. The van der Waals surface area contributed by atoms with Gasteiger partial charge >= 0.3 is 5.97 Å². The number of carboxylic acids is 1. The molecule has 0 saturated heterocycles. The molecule has 1 aromatic heterocycles. The zero-order valence-corrected chi connectivity index (χ0v) is 7.81. The van der Waals surface area contributed by atoms with E-state index in [1.54, 1.807) is 6.07 Å². The Morgan fingerprint density at radius 2 is 2.07 bits per heavy atom. The van der Waals surface area contributed by atoms with Gasteiger partial charge in [0.2, 0.25) is 5.76 Å². The van der Waals surface area contributed by atoms with Gasteiger partial charge in [0.25, 0.3) is 0 Å². The number of hydrogen-bond acceptors (Lipinski definition) is 3. The summed E-state index contributed by atoms with van der Waals surface area (Å²) in [6.07, 6.45) is 1.38. The van der Waals surface area contributed by atoms with Crippen LogP contribution in [-0.2, 0) is 0 Å². The molecule has 4 nitrogen and oxygen atoms in total. The van der Waals surface area contributed by atoms with Crippen LogP contribution in [0, 0.1) is 0 Å². The third-order valence-corrected chi connectivity index (χ3v) is 2.08. The molecule has 4 heteroatoms. The number of furan rings is 1. The fraction of sp³-hybridized carbons (Fsp3) is 0. The van der Waals surface area contributed by atoms with Gasteiger partial charge in [-0.3, -0.25) is 0 Å². The normalized spacial score (nSPS) is 10.1. The van der Waals surface area contributed by atoms with Crippen LogP contribution in [0.25, 0.3) is 11.1 Å². The van der Waals surface area contributed by atoms with Crippen molar-refractivity contribution < 1.29 is 14.3 Å². The van der Waals surface area contributed by atoms with E-state index in [0.29, 0.717) is 11.3 Å². The van der Waals surface area contributed by atoms with Gasteiger partial charge < -0.3 is 15.3 Å². The van der Waals surface area contributed by atoms with E-state index >= 15 is 0 Å². The number of hydrogen-bond donors (Lipinski definition) is 2. The van der Waals surface area contributed by atoms with Crippen molar-refractivity contribution in [3.63, 3.8) is 0 Å². The first kappa shape index (κ1) is 9.33. The molecule has 76 valence electrons. The fourth-order valence-electron chi connectivity index (χ4n) is 1.35. The van der Waals surface area contributed by atoms with E-state index in [1.165, 1.54) is 12.3 Å². The predicted molar refractivity (Wildman–Crippen MR) is 55.5 cm³/mol. The second-order valence-electron chi connectivity index (χ2n) is 3.09. The quantitative estimate of drug-likeness (QED) is 0.733. The highest BCUT2D eigenvalue weighted by atomic mass is 16.4. The highest BCUT2D eigenvalue weighted by Gasteiger charge is 2.11. The molecule has 1 aromatic carbocycles. The second-order valence-corrected chi connectivity index (χ2v) is 3.09. The van der Waals surface area contributed by atoms with E-state index in [4.69, 9.17) is 15.3 Å². The summed E-state index contributed by atoms with van der Waals surface area (Å²) in [6.45, 7) is 0. The van der Waals surface area contributed by atoms with Crippen LogP contribution in [0.1, 0.15) is 10.6 Å². The molecule has 0 radical (unpaired) electrons. The zero-order valence-electron chi connectivity index (χ0n) is 7.81. The summed E-state index contributed by atoms with van der Waals surface area (Å²) in [5.74, 6) is -1.18. The van der Waals surface area contributed by atoms with Gasteiger partial charge in [0.05, 0.1) is 6.26 Å². The topological polar surface area (TPSA) is 76.5 Å². The van der Waals surface area contributed by atoms with E-state index < -0.39 is 5.97 Å². The molecule has 2 rings (SSSR count). The molecule has 0 atom stereocenters. The summed E-state index contributed by atoms with van der Waals surface area (Å²) >= 11 is 0. The summed E-state index contributed by atoms with van der Waals surface area (Å²) in [7, 11) is 0. The van der Waals surface area contributed by atoms with Crippen molar-refractivity contribution in [3.8, 4) is 11.1 Å². The highest BCUT2D eigenvalue weighted by Crippen LogP contribution is 2.27. The number of anilines is 1. The average Bonchev–Trinajstić information content (AvgIpc) is 2.67. The van der Waals surface area contributed by atoms with Crippen LogP contribution < -0.4 is 5.73 Å². The Kier molecular flexibility index (Phi) is 2.17. The Morgan fingerprint density at radius 1 is 1.33 bits per heavy atom. The first-order chi connectivity index (χ1) is 7.18. The largest absolute Gasteiger partial charge is 0.475 e. The molecular weight excluding hydrogens is 194 g/mol. The molecule has 15 heavy (non-hydrogen) atoms. The molecule has 0 fully saturated rings. The van der Waals surface area contributed by atoms with Crippen LogP contribution in [0.15, 0.2) is 41.0 Å². The number of nitrogens with two attached hydrogens (primary N) is 1. The smallest absolute Gasteiger partial charge is 0.371 e. The lowest BCUT2D eigenvalue weighted by atomic mass is 10.1. The number of nitrogen functional groups attached to an aromatic ring is 1. The lowest BCUT2D eigenvalue weighted by Gasteiger charge is -2.00. The molecule has 0 amide bonds. The van der Waals surface area contributed by atoms with Gasteiger partial charge in [0.1, 0.15) is 0 Å². The molecule has 3 N–H and O–H groups in total. The maximum absolute atomic E-state index is 10.6. The lowest BCUT2D eigenvalue weighted by molar-refractivity contribution is 0.0662. The molecule has 0 spiro atoms. The molecule has 0 saturated carbocycles. The van der Waals surface area contributed by atoms with E-state index in [9.17, 15) is 4.79 Å². The van der Waals surface area contributed by atoms with E-state index in [1.807, 2.05) is 18.2 Å². The number of rotatable bonds is 2. The van der Waals surface area contributed by atoms with E-state index in [0.717, 1.165) is 5.56 Å². The summed E-state index contributed by atoms with van der Waals surface area (Å²) < 4.78 is 4.88. The van der Waals surface area contributed by atoms with Crippen molar-refractivity contribution in [2.75, 3.05) is 5.73 Å². The van der Waals surface area contributed by atoms with Gasteiger partial charge in [-0.15, -0.1) is 0 Å². The van der Waals surface area contributed by atoms with Gasteiger partial charge in [0.15, 0.2) is 0 Å². The first-order valence-corrected chi connectivity index (χ1v) is 4.35.